The van der Waals surface area contributed by atoms with E-state index < -0.39 is 28.4 Å². The lowest BCUT2D eigenvalue weighted by Crippen LogP contribution is -2.37. The quantitative estimate of drug-likeness (QED) is 0.437. The van der Waals surface area contributed by atoms with E-state index in [1.54, 1.807) is 0 Å². The lowest BCUT2D eigenvalue weighted by Gasteiger charge is -2.11. The number of hydrogen-bond acceptors (Lipinski definition) is 4. The van der Waals surface area contributed by atoms with E-state index in [-0.39, 0.29) is 18.4 Å². The Morgan fingerprint density at radius 3 is 2.78 bits per heavy atom. The molecule has 2 N–H and O–H groups in total. The molecule has 7 nitrogen and oxygen atoms in total. The maximum atomic E-state index is 13.6. The molecule has 0 aliphatic carbocycles. The third-order valence-corrected chi connectivity index (χ3v) is 2.25. The van der Waals surface area contributed by atoms with Crippen LogP contribution in [0.4, 0.5) is 10.1 Å². The van der Waals surface area contributed by atoms with Crippen LogP contribution in [0.3, 0.4) is 0 Å². The number of nitro benzene ring substituents is 1. The molecule has 0 saturated heterocycles. The van der Waals surface area contributed by atoms with Gasteiger partial charge in [0, 0.05) is 12.5 Å². The molecule has 1 amide bonds. The first kappa shape index (κ1) is 13.6. The minimum atomic E-state index is -1.35. The molecule has 1 aromatic carbocycles. The third kappa shape index (κ3) is 3.00. The number of nitrogens with zero attached hydrogens (tertiary/aromatic N) is 1. The first-order valence-corrected chi connectivity index (χ1v) is 4.81. The lowest BCUT2D eigenvalue weighted by atomic mass is 10.0. The number of rotatable bonds is 6. The molecule has 0 aliphatic heterocycles. The minimum Gasteiger partial charge on any atom is -0.480 e. The molecular formula is C10H9FN2O5. The van der Waals surface area contributed by atoms with Crippen molar-refractivity contribution < 1.29 is 24.0 Å². The first-order chi connectivity index (χ1) is 8.47. The van der Waals surface area contributed by atoms with Crippen molar-refractivity contribution in [2.24, 2.45) is 0 Å². The molecule has 0 bridgehead atoms. The maximum Gasteiger partial charge on any atom is 0.326 e. The van der Waals surface area contributed by atoms with E-state index in [2.05, 4.69) is 0 Å². The maximum absolute atomic E-state index is 13.6. The van der Waals surface area contributed by atoms with Crippen molar-refractivity contribution in [2.45, 2.75) is 12.5 Å². The molecular weight excluding hydrogens is 247 g/mol. The van der Waals surface area contributed by atoms with Gasteiger partial charge < -0.3 is 10.4 Å². The Morgan fingerprint density at radius 1 is 1.61 bits per heavy atom. The zero-order valence-corrected chi connectivity index (χ0v) is 9.00. The molecule has 0 fully saturated rings. The van der Waals surface area contributed by atoms with E-state index >= 15 is 0 Å². The number of carbonyl (C=O) groups excluding carboxylic acids is 1. The third-order valence-electron chi connectivity index (χ3n) is 2.25. The van der Waals surface area contributed by atoms with Gasteiger partial charge >= 0.3 is 11.7 Å². The Hall–Kier alpha value is -2.51. The normalized spacial score (nSPS) is 11.6. The van der Waals surface area contributed by atoms with Crippen molar-refractivity contribution in [2.75, 3.05) is 0 Å². The minimum absolute atomic E-state index is 0.147. The van der Waals surface area contributed by atoms with Gasteiger partial charge in [-0.1, -0.05) is 12.1 Å². The topological polar surface area (TPSA) is 110 Å². The van der Waals surface area contributed by atoms with Crippen LogP contribution in [0.25, 0.3) is 0 Å². The van der Waals surface area contributed by atoms with Crippen LogP contribution in [-0.2, 0) is 16.0 Å². The second-order valence-corrected chi connectivity index (χ2v) is 3.39. The predicted molar refractivity (Wildman–Crippen MR) is 57.4 cm³/mol. The zero-order valence-electron chi connectivity index (χ0n) is 9.00. The van der Waals surface area contributed by atoms with Crippen molar-refractivity contribution in [3.05, 3.63) is 39.7 Å². The summed E-state index contributed by atoms with van der Waals surface area (Å²) in [5.41, 5.74) is -0.881. The van der Waals surface area contributed by atoms with Gasteiger partial charge in [-0.25, -0.2) is 4.79 Å². The van der Waals surface area contributed by atoms with Crippen molar-refractivity contribution in [1.29, 1.82) is 0 Å². The van der Waals surface area contributed by atoms with E-state index in [4.69, 9.17) is 5.11 Å². The Labute approximate surface area is 100 Å². The molecule has 0 spiro atoms. The number of nitro groups is 1. The molecule has 0 saturated carbocycles. The van der Waals surface area contributed by atoms with Gasteiger partial charge in [0.2, 0.25) is 12.2 Å². The average Bonchev–Trinajstić information content (AvgIpc) is 2.30. The van der Waals surface area contributed by atoms with Crippen molar-refractivity contribution in [3.8, 4) is 0 Å². The first-order valence-electron chi connectivity index (χ1n) is 4.81. The Kier molecular flexibility index (Phi) is 4.30. The van der Waals surface area contributed by atoms with Gasteiger partial charge in [0.15, 0.2) is 0 Å². The molecule has 0 aliphatic rings. The van der Waals surface area contributed by atoms with Crippen LogP contribution in [0.2, 0.25) is 0 Å². The van der Waals surface area contributed by atoms with Gasteiger partial charge in [-0.3, -0.25) is 14.9 Å². The predicted octanol–water partition coefficient (Wildman–Crippen LogP) is 0.476. The largest absolute Gasteiger partial charge is 0.480 e. The number of nitrogens with one attached hydrogen (secondary N) is 1. The smallest absolute Gasteiger partial charge is 0.326 e. The van der Waals surface area contributed by atoms with Gasteiger partial charge in [0.1, 0.15) is 6.04 Å². The highest BCUT2D eigenvalue weighted by molar-refractivity contribution is 5.76. The summed E-state index contributed by atoms with van der Waals surface area (Å²) >= 11 is 0. The molecule has 0 aromatic heterocycles. The average molecular weight is 256 g/mol. The summed E-state index contributed by atoms with van der Waals surface area (Å²) in [5, 5.41) is 21.2. The lowest BCUT2D eigenvalue weighted by molar-refractivity contribution is -0.387. The summed E-state index contributed by atoms with van der Waals surface area (Å²) in [7, 11) is 0. The molecule has 0 radical (unpaired) electrons. The number of carbonyl (C=O) groups is 2. The molecule has 1 unspecified atom stereocenters. The molecule has 8 heteroatoms. The van der Waals surface area contributed by atoms with E-state index in [0.29, 0.717) is 0 Å². The standard InChI is InChI=1S/C10H9FN2O5/c11-9-6(2-1-3-8(9)13(17)18)4-7(10(15)16)12-5-14/h1-3,5,7H,4H2,(H,12,14)(H,15,16). The Bertz CT molecular complexity index is 491. The van der Waals surface area contributed by atoms with Crippen molar-refractivity contribution in [3.63, 3.8) is 0 Å². The summed E-state index contributed by atoms with van der Waals surface area (Å²) in [4.78, 5) is 30.5. The van der Waals surface area contributed by atoms with Crippen LogP contribution in [0.1, 0.15) is 5.56 Å². The highest BCUT2D eigenvalue weighted by atomic mass is 19.1. The summed E-state index contributed by atoms with van der Waals surface area (Å²) in [6.45, 7) is 0. The highest BCUT2D eigenvalue weighted by Gasteiger charge is 2.23. The Morgan fingerprint density at radius 2 is 2.28 bits per heavy atom. The van der Waals surface area contributed by atoms with E-state index in [9.17, 15) is 24.1 Å². The van der Waals surface area contributed by atoms with Crippen molar-refractivity contribution in [1.82, 2.24) is 5.32 Å². The van der Waals surface area contributed by atoms with Crippen LogP contribution < -0.4 is 5.32 Å². The van der Waals surface area contributed by atoms with E-state index in [0.717, 1.165) is 6.07 Å². The van der Waals surface area contributed by atoms with Gasteiger partial charge in [0.25, 0.3) is 0 Å². The summed E-state index contributed by atoms with van der Waals surface area (Å²) in [6, 6.07) is 2.11. The monoisotopic (exact) mass is 256 g/mol. The van der Waals surface area contributed by atoms with Crippen LogP contribution in [0.5, 0.6) is 0 Å². The van der Waals surface area contributed by atoms with Gasteiger partial charge in [0.05, 0.1) is 4.92 Å². The number of amides is 1. The highest BCUT2D eigenvalue weighted by Crippen LogP contribution is 2.21. The van der Waals surface area contributed by atoms with Crippen LogP contribution in [0.15, 0.2) is 18.2 Å². The van der Waals surface area contributed by atoms with Gasteiger partial charge in [-0.05, 0) is 5.56 Å². The fraction of sp³-hybridized carbons (Fsp3) is 0.200. The van der Waals surface area contributed by atoms with Gasteiger partial charge in [-0.15, -0.1) is 0 Å². The molecule has 18 heavy (non-hydrogen) atoms. The van der Waals surface area contributed by atoms with Crippen molar-refractivity contribution >= 4 is 18.1 Å². The fourth-order valence-electron chi connectivity index (χ4n) is 1.38. The van der Waals surface area contributed by atoms with E-state index in [1.807, 2.05) is 5.32 Å². The second-order valence-electron chi connectivity index (χ2n) is 3.39. The fourth-order valence-corrected chi connectivity index (χ4v) is 1.38. The van der Waals surface area contributed by atoms with E-state index in [1.165, 1.54) is 12.1 Å². The second kappa shape index (κ2) is 5.71. The summed E-state index contributed by atoms with van der Waals surface area (Å²) < 4.78 is 13.6. The number of benzene rings is 1. The summed E-state index contributed by atoms with van der Waals surface area (Å²) in [6.07, 6.45) is -0.199. The summed E-state index contributed by atoms with van der Waals surface area (Å²) in [5.74, 6) is -2.45. The van der Waals surface area contributed by atoms with Crippen LogP contribution in [0, 0.1) is 15.9 Å². The molecule has 1 rings (SSSR count). The number of hydrogen-bond donors (Lipinski definition) is 2. The SMILES string of the molecule is O=CNC(Cc1cccc([N+](=O)[O-])c1F)C(=O)O. The van der Waals surface area contributed by atoms with Crippen LogP contribution >= 0.6 is 0 Å². The van der Waals surface area contributed by atoms with Gasteiger partial charge in [-0.2, -0.15) is 4.39 Å². The molecule has 1 atom stereocenters. The van der Waals surface area contributed by atoms with Crippen LogP contribution in [-0.4, -0.2) is 28.5 Å². The molecule has 96 valence electrons. The number of carboxylic acids is 1. The number of halogens is 1. The molecule has 0 heterocycles. The number of carboxylic acid groups (broad SMARTS) is 1. The Balaban J connectivity index is 3.03. The number of aliphatic carboxylic acids is 1. The molecule has 1 aromatic rings. The zero-order chi connectivity index (χ0) is 13.7.